The van der Waals surface area contributed by atoms with Crippen LogP contribution in [0, 0.1) is 0 Å². The van der Waals surface area contributed by atoms with Gasteiger partial charge in [-0.2, -0.15) is 0 Å². The number of hydrogen-bond donors (Lipinski definition) is 0. The van der Waals surface area contributed by atoms with Crippen molar-refractivity contribution in [2.75, 3.05) is 14.7 Å². The van der Waals surface area contributed by atoms with Gasteiger partial charge in [0, 0.05) is 56.1 Å². The molecule has 4 aliphatic carbocycles. The summed E-state index contributed by atoms with van der Waals surface area (Å²) in [6, 6.07) is 71.9. The van der Waals surface area contributed by atoms with E-state index in [9.17, 15) is 0 Å². The van der Waals surface area contributed by atoms with Gasteiger partial charge in [-0.25, -0.2) is 0 Å². The molecule has 0 amide bonds. The number of fused-ring (bicyclic) bond motifs is 11. The Kier molecular flexibility index (Phi) is 12.8. The Morgan fingerprint density at radius 2 is 0.758 bits per heavy atom. The molecule has 0 atom stereocenters. The maximum atomic E-state index is 6.50. The van der Waals surface area contributed by atoms with E-state index >= 15 is 0 Å². The molecule has 5 heteroatoms. The van der Waals surface area contributed by atoms with Crippen molar-refractivity contribution in [2.24, 2.45) is 0 Å². The van der Waals surface area contributed by atoms with Crippen molar-refractivity contribution in [3.05, 3.63) is 226 Å². The lowest BCUT2D eigenvalue weighted by Crippen LogP contribution is -2.62. The summed E-state index contributed by atoms with van der Waals surface area (Å²) < 4.78 is 6.50. The number of benzene rings is 10. The second-order valence-corrected chi connectivity index (χ2v) is 35.2. The topological polar surface area (TPSA) is 22.9 Å². The summed E-state index contributed by atoms with van der Waals surface area (Å²) in [4.78, 5) is 8.16. The first-order chi connectivity index (χ1) is 45.0. The van der Waals surface area contributed by atoms with Gasteiger partial charge in [-0.15, -0.1) is 0 Å². The standard InChI is InChI=1S/C90H94BN3O/c1-83(2)36-38-85(5,6)67-47-61(32-34-65(67)83)93-76-53-71-69(87(9,10)40-42-89(71,13)14)51-73(76)91-74-52-70-72(90(15,16)43-41-88(70,11)12)54-77(74)94(62-33-35-66-68(48-62)86(7,8)39-37-84(66,3)4)79-50-63(49-78(93)82(79)91)92(75-26-21-24-55-22-17-19-25-64(55)75)60-31-30-56-44-59(29-28-57(56)45-60)81-46-58-23-18-20-27-80(58)95-81/h17-35,44-54H,36-43H2,1-16H3. The van der Waals surface area contributed by atoms with E-state index in [1.807, 2.05) is 6.07 Å². The maximum absolute atomic E-state index is 6.50. The number of rotatable bonds is 6. The predicted molar refractivity (Wildman–Crippen MR) is 407 cm³/mol. The van der Waals surface area contributed by atoms with E-state index in [2.05, 4.69) is 301 Å². The van der Waals surface area contributed by atoms with Gasteiger partial charge in [0.15, 0.2) is 0 Å². The van der Waals surface area contributed by atoms with Crippen molar-refractivity contribution < 1.29 is 4.42 Å². The fraction of sp³-hybridized carbons (Fsp3) is 0.356. The minimum atomic E-state index is -0.0718. The predicted octanol–water partition coefficient (Wildman–Crippen LogP) is 23.4. The lowest BCUT2D eigenvalue weighted by Gasteiger charge is -2.49. The smallest absolute Gasteiger partial charge is 0.252 e. The molecule has 0 fully saturated rings. The van der Waals surface area contributed by atoms with Gasteiger partial charge in [-0.1, -0.05) is 208 Å². The lowest BCUT2D eigenvalue weighted by atomic mass is 9.32. The summed E-state index contributed by atoms with van der Waals surface area (Å²) >= 11 is 0. The Balaban J connectivity index is 1.01. The summed E-state index contributed by atoms with van der Waals surface area (Å²) in [5, 5.41) is 5.86. The molecule has 0 saturated carbocycles. The van der Waals surface area contributed by atoms with Gasteiger partial charge < -0.3 is 19.1 Å². The molecule has 0 N–H and O–H groups in total. The zero-order valence-corrected chi connectivity index (χ0v) is 59.3. The van der Waals surface area contributed by atoms with Gasteiger partial charge in [0.05, 0.1) is 11.4 Å². The molecule has 95 heavy (non-hydrogen) atoms. The third-order valence-corrected chi connectivity index (χ3v) is 25.2. The molecule has 6 aliphatic rings. The molecular weight excluding hydrogens is 1150 g/mol. The van der Waals surface area contributed by atoms with E-state index < -0.39 is 0 Å². The average Bonchev–Trinajstić information content (AvgIpc) is 0.930. The third-order valence-electron chi connectivity index (χ3n) is 25.2. The van der Waals surface area contributed by atoms with Crippen LogP contribution >= 0.6 is 0 Å². The van der Waals surface area contributed by atoms with Crippen LogP contribution in [0.15, 0.2) is 186 Å². The summed E-state index contributed by atoms with van der Waals surface area (Å²) in [6.07, 6.45) is 9.18. The molecule has 0 spiro atoms. The van der Waals surface area contributed by atoms with Gasteiger partial charge in [-0.05, 0) is 257 Å². The molecule has 1 aromatic heterocycles. The molecule has 2 aliphatic heterocycles. The van der Waals surface area contributed by atoms with Gasteiger partial charge in [0.2, 0.25) is 0 Å². The van der Waals surface area contributed by atoms with Crippen LogP contribution in [0.5, 0.6) is 0 Å². The van der Waals surface area contributed by atoms with Crippen LogP contribution < -0.4 is 31.1 Å². The Morgan fingerprint density at radius 1 is 0.326 bits per heavy atom. The summed E-state index contributed by atoms with van der Waals surface area (Å²) in [7, 11) is 0. The van der Waals surface area contributed by atoms with Crippen LogP contribution in [0.4, 0.5) is 51.2 Å². The fourth-order valence-corrected chi connectivity index (χ4v) is 18.7. The maximum Gasteiger partial charge on any atom is 0.252 e. The van der Waals surface area contributed by atoms with Crippen LogP contribution in [0.1, 0.15) is 207 Å². The van der Waals surface area contributed by atoms with Gasteiger partial charge in [0.1, 0.15) is 11.3 Å². The Labute approximate surface area is 565 Å². The van der Waals surface area contributed by atoms with E-state index in [-0.39, 0.29) is 50.0 Å². The first-order valence-electron chi connectivity index (χ1n) is 35.8. The van der Waals surface area contributed by atoms with Crippen molar-refractivity contribution >= 4 is 107 Å². The minimum absolute atomic E-state index is 0.0105. The number of nitrogens with zero attached hydrogens (tertiary/aromatic N) is 3. The quantitative estimate of drug-likeness (QED) is 0.155. The van der Waals surface area contributed by atoms with E-state index in [0.29, 0.717) is 0 Å². The fourth-order valence-electron chi connectivity index (χ4n) is 18.7. The van der Waals surface area contributed by atoms with Crippen molar-refractivity contribution in [2.45, 2.75) is 205 Å². The van der Waals surface area contributed by atoms with Crippen molar-refractivity contribution in [1.82, 2.24) is 0 Å². The summed E-state index contributed by atoms with van der Waals surface area (Å²) in [6.45, 7) is 40.0. The van der Waals surface area contributed by atoms with Crippen LogP contribution in [-0.4, -0.2) is 6.71 Å². The molecule has 478 valence electrons. The molecule has 0 saturated heterocycles. The van der Waals surface area contributed by atoms with E-state index in [1.54, 1.807) is 0 Å². The van der Waals surface area contributed by atoms with Crippen LogP contribution in [0.2, 0.25) is 0 Å². The highest BCUT2D eigenvalue weighted by Gasteiger charge is 2.50. The number of anilines is 9. The highest BCUT2D eigenvalue weighted by Crippen LogP contribution is 2.57. The molecule has 0 bridgehead atoms. The summed E-state index contributed by atoms with van der Waals surface area (Å²) in [5.41, 5.74) is 29.0. The molecule has 3 heterocycles. The Morgan fingerprint density at radius 3 is 1.27 bits per heavy atom. The first kappa shape index (κ1) is 60.4. The Bertz CT molecular complexity index is 4850. The van der Waals surface area contributed by atoms with Gasteiger partial charge >= 0.3 is 0 Å². The molecular formula is C90H94BN3O. The zero-order valence-electron chi connectivity index (χ0n) is 59.3. The van der Waals surface area contributed by atoms with Gasteiger partial charge in [-0.3, -0.25) is 0 Å². The summed E-state index contributed by atoms with van der Waals surface area (Å²) in [5.74, 6) is 0.881. The van der Waals surface area contributed by atoms with E-state index in [0.717, 1.165) is 77.9 Å². The molecule has 0 unspecified atom stereocenters. The van der Waals surface area contributed by atoms with Crippen LogP contribution in [-0.2, 0) is 43.3 Å². The van der Waals surface area contributed by atoms with Crippen LogP contribution in [0.3, 0.4) is 0 Å². The minimum Gasteiger partial charge on any atom is -0.456 e. The van der Waals surface area contributed by atoms with Crippen molar-refractivity contribution in [3.63, 3.8) is 0 Å². The molecule has 4 nitrogen and oxygen atoms in total. The largest absolute Gasteiger partial charge is 0.456 e. The number of furan rings is 1. The number of para-hydroxylation sites is 1. The third kappa shape index (κ3) is 9.19. The molecule has 10 aromatic carbocycles. The second-order valence-electron chi connectivity index (χ2n) is 35.2. The molecule has 17 rings (SSSR count). The monoisotopic (exact) mass is 1240 g/mol. The lowest BCUT2D eigenvalue weighted by molar-refractivity contribution is 0.332. The number of hydrogen-bond acceptors (Lipinski definition) is 4. The first-order valence-corrected chi connectivity index (χ1v) is 35.8. The second kappa shape index (κ2) is 20.2. The SMILES string of the molecule is CC1(C)CCC(C)(C)c2cc(N3c4cc5c(cc4B4c6cc7c(cc6N(c6ccc8c(c6)C(C)(C)CCC8(C)C)c6cc(N(c8ccc9cc(-c%10cc%11ccccc%11o%10)ccc9c8)c8cccc9ccccc89)cc3c64)C(C)(C)CCC7(C)C)C(C)(C)CCC5(C)C)ccc21. The van der Waals surface area contributed by atoms with E-state index in [1.165, 1.54) is 129 Å². The zero-order chi connectivity index (χ0) is 66.1. The highest BCUT2D eigenvalue weighted by atomic mass is 16.3. The average molecular weight is 1240 g/mol. The van der Waals surface area contributed by atoms with Crippen LogP contribution in [0.25, 0.3) is 43.8 Å². The molecule has 0 radical (unpaired) electrons. The van der Waals surface area contributed by atoms with Crippen molar-refractivity contribution in [1.29, 1.82) is 0 Å². The van der Waals surface area contributed by atoms with Crippen molar-refractivity contribution in [3.8, 4) is 11.3 Å². The highest BCUT2D eigenvalue weighted by molar-refractivity contribution is 7.00. The normalized spacial score (nSPS) is 19.9. The molecule has 11 aromatic rings. The Hall–Kier alpha value is -8.28. The van der Waals surface area contributed by atoms with E-state index in [4.69, 9.17) is 4.42 Å². The van der Waals surface area contributed by atoms with Gasteiger partial charge in [0.25, 0.3) is 6.71 Å².